The summed E-state index contributed by atoms with van der Waals surface area (Å²) in [5, 5.41) is 32.7. The van der Waals surface area contributed by atoms with Gasteiger partial charge in [0.1, 0.15) is 5.84 Å². The summed E-state index contributed by atoms with van der Waals surface area (Å²) in [7, 11) is 0. The van der Waals surface area contributed by atoms with E-state index in [1.54, 1.807) is 4.68 Å². The van der Waals surface area contributed by atoms with Crippen molar-refractivity contribution in [1.29, 1.82) is 5.41 Å². The topological polar surface area (TPSA) is 119 Å². The number of fused-ring (bicyclic) bond motifs is 2. The molecule has 0 radical (unpaired) electrons. The van der Waals surface area contributed by atoms with Crippen molar-refractivity contribution < 1.29 is 5.11 Å². The Labute approximate surface area is 178 Å². The van der Waals surface area contributed by atoms with E-state index >= 15 is 0 Å². The molecule has 5 rings (SSSR count). The second-order valence-electron chi connectivity index (χ2n) is 7.39. The molecule has 2 aromatic heterocycles. The van der Waals surface area contributed by atoms with Crippen molar-refractivity contribution in [3.05, 3.63) is 77.9 Å². The van der Waals surface area contributed by atoms with Gasteiger partial charge in [-0.05, 0) is 38.9 Å². The smallest absolute Gasteiger partial charge is 0.198 e. The molecule has 0 spiro atoms. The molecule has 0 aliphatic carbocycles. The fourth-order valence-corrected chi connectivity index (χ4v) is 4.01. The Kier molecular flexibility index (Phi) is 4.68. The lowest BCUT2D eigenvalue weighted by Crippen LogP contribution is -2.12. The Hall–Kier alpha value is -4.04. The molecule has 0 bridgehead atoms. The summed E-state index contributed by atoms with van der Waals surface area (Å²) >= 11 is 0. The first-order valence-electron chi connectivity index (χ1n) is 9.97. The van der Waals surface area contributed by atoms with Crippen LogP contribution < -0.4 is 5.73 Å². The monoisotopic (exact) mass is 411 g/mol. The highest BCUT2D eigenvalue weighted by atomic mass is 16.3. The number of tetrazole rings is 1. The van der Waals surface area contributed by atoms with Gasteiger partial charge in [-0.1, -0.05) is 54.6 Å². The molecule has 8 nitrogen and oxygen atoms in total. The fraction of sp³-hybridized carbons (Fsp3) is 0.130. The number of rotatable bonds is 6. The average Bonchev–Trinajstić information content (AvgIpc) is 3.38. The van der Waals surface area contributed by atoms with Crippen molar-refractivity contribution in [3.63, 3.8) is 0 Å². The van der Waals surface area contributed by atoms with E-state index in [2.05, 4.69) is 50.4 Å². The Morgan fingerprint density at radius 3 is 2.68 bits per heavy atom. The van der Waals surface area contributed by atoms with E-state index in [9.17, 15) is 5.11 Å². The zero-order chi connectivity index (χ0) is 21.4. The molecule has 3 aromatic carbocycles. The molecule has 4 N–H and O–H groups in total. The van der Waals surface area contributed by atoms with Gasteiger partial charge < -0.3 is 15.4 Å². The summed E-state index contributed by atoms with van der Waals surface area (Å²) in [4.78, 5) is 0. The number of aromatic nitrogens is 5. The van der Waals surface area contributed by atoms with E-state index in [-0.39, 0.29) is 12.4 Å². The van der Waals surface area contributed by atoms with Crippen molar-refractivity contribution in [2.75, 3.05) is 6.61 Å². The third-order valence-corrected chi connectivity index (χ3v) is 5.50. The molecule has 0 aliphatic rings. The molecule has 154 valence electrons. The Morgan fingerprint density at radius 2 is 1.84 bits per heavy atom. The third kappa shape index (κ3) is 3.32. The van der Waals surface area contributed by atoms with Gasteiger partial charge in [-0.2, -0.15) is 0 Å². The quantitative estimate of drug-likeness (QED) is 0.293. The number of hydrogen-bond donors (Lipinski definition) is 3. The van der Waals surface area contributed by atoms with E-state index in [1.165, 1.54) is 10.8 Å². The molecule has 0 aliphatic heterocycles. The molecule has 0 atom stereocenters. The van der Waals surface area contributed by atoms with Crippen LogP contribution >= 0.6 is 0 Å². The van der Waals surface area contributed by atoms with Crippen LogP contribution in [-0.4, -0.2) is 42.3 Å². The van der Waals surface area contributed by atoms with Crippen LogP contribution in [0.15, 0.2) is 66.7 Å². The summed E-state index contributed by atoms with van der Waals surface area (Å²) < 4.78 is 3.74. The first-order valence-corrected chi connectivity index (χ1v) is 9.97. The number of hydrogen-bond acceptors (Lipinski definition) is 5. The van der Waals surface area contributed by atoms with Crippen LogP contribution in [0.25, 0.3) is 33.2 Å². The number of nitrogens with one attached hydrogen (secondary N) is 1. The van der Waals surface area contributed by atoms with Gasteiger partial charge in [0, 0.05) is 23.0 Å². The predicted molar refractivity (Wildman–Crippen MR) is 120 cm³/mol. The van der Waals surface area contributed by atoms with Gasteiger partial charge in [-0.25, -0.2) is 4.68 Å². The highest BCUT2D eigenvalue weighted by molar-refractivity contribution is 5.99. The zero-order valence-electron chi connectivity index (χ0n) is 16.7. The summed E-state index contributed by atoms with van der Waals surface area (Å²) in [5.41, 5.74) is 9.35. The maximum absolute atomic E-state index is 9.41. The lowest BCUT2D eigenvalue weighted by Gasteiger charge is -2.13. The predicted octanol–water partition coefficient (Wildman–Crippen LogP) is 2.77. The molecule has 5 aromatic rings. The molecular weight excluding hydrogens is 390 g/mol. The number of nitrogens with zero attached hydrogens (tertiary/aromatic N) is 5. The normalized spacial score (nSPS) is 11.4. The van der Waals surface area contributed by atoms with E-state index in [0.29, 0.717) is 24.5 Å². The fourth-order valence-electron chi connectivity index (χ4n) is 4.01. The Morgan fingerprint density at radius 1 is 1.00 bits per heavy atom. The summed E-state index contributed by atoms with van der Waals surface area (Å²) in [5.74, 6) is 0.598. The molecule has 31 heavy (non-hydrogen) atoms. The minimum absolute atomic E-state index is 0.0199. The van der Waals surface area contributed by atoms with Crippen molar-refractivity contribution in [2.45, 2.75) is 13.1 Å². The van der Waals surface area contributed by atoms with Crippen LogP contribution in [0.4, 0.5) is 0 Å². The van der Waals surface area contributed by atoms with E-state index < -0.39 is 0 Å². The second-order valence-corrected chi connectivity index (χ2v) is 7.39. The summed E-state index contributed by atoms with van der Waals surface area (Å²) in [6, 6.07) is 22.3. The van der Waals surface area contributed by atoms with Gasteiger partial charge in [0.25, 0.3) is 0 Å². The van der Waals surface area contributed by atoms with Crippen LogP contribution in [-0.2, 0) is 13.1 Å². The van der Waals surface area contributed by atoms with E-state index in [1.807, 2.05) is 36.4 Å². The van der Waals surface area contributed by atoms with Gasteiger partial charge >= 0.3 is 0 Å². The molecule has 0 saturated heterocycles. The molecule has 2 heterocycles. The molecular formula is C23H21N7O. The highest BCUT2D eigenvalue weighted by Gasteiger charge is 2.18. The lowest BCUT2D eigenvalue weighted by molar-refractivity contribution is 0.268. The maximum Gasteiger partial charge on any atom is 0.198 e. The van der Waals surface area contributed by atoms with Crippen molar-refractivity contribution in [1.82, 2.24) is 24.8 Å². The van der Waals surface area contributed by atoms with Crippen LogP contribution in [0, 0.1) is 5.41 Å². The molecule has 8 heteroatoms. The van der Waals surface area contributed by atoms with Gasteiger partial charge in [-0.3, -0.25) is 5.41 Å². The standard InChI is InChI=1S/C23H21N7O/c24-22(25)17-9-8-16-12-21(23-26-27-28-30(23)10-11-31)29(20(16)13-17)14-18-6-3-5-15-4-1-2-7-19(15)18/h1-9,12-13,31H,10-11,14H2,(H3,24,25). The third-order valence-electron chi connectivity index (χ3n) is 5.50. The van der Waals surface area contributed by atoms with Gasteiger partial charge in [0.15, 0.2) is 5.82 Å². The Balaban J connectivity index is 1.74. The van der Waals surface area contributed by atoms with Crippen molar-refractivity contribution in [2.24, 2.45) is 5.73 Å². The van der Waals surface area contributed by atoms with Gasteiger partial charge in [0.05, 0.1) is 18.8 Å². The average molecular weight is 411 g/mol. The van der Waals surface area contributed by atoms with Crippen LogP contribution in [0.3, 0.4) is 0 Å². The number of nitrogen functional groups attached to an aromatic ring is 1. The first kappa shape index (κ1) is 19.0. The summed E-state index contributed by atoms with van der Waals surface area (Å²) in [6.45, 7) is 0.834. The van der Waals surface area contributed by atoms with Gasteiger partial charge in [-0.15, -0.1) is 5.10 Å². The zero-order valence-corrected chi connectivity index (χ0v) is 16.7. The molecule has 0 fully saturated rings. The molecule has 0 unspecified atom stereocenters. The van der Waals surface area contributed by atoms with Crippen molar-refractivity contribution >= 4 is 27.5 Å². The SMILES string of the molecule is N=C(N)c1ccc2cc(-c3nnnn3CCO)n(Cc3cccc4ccccc34)c2c1. The minimum Gasteiger partial charge on any atom is -0.394 e. The molecule has 0 amide bonds. The number of aliphatic hydroxyl groups excluding tert-OH is 1. The maximum atomic E-state index is 9.41. The first-order chi connectivity index (χ1) is 15.2. The Bertz CT molecular complexity index is 1410. The minimum atomic E-state index is -0.0594. The summed E-state index contributed by atoms with van der Waals surface area (Å²) in [6.07, 6.45) is 0. The van der Waals surface area contributed by atoms with E-state index in [4.69, 9.17) is 11.1 Å². The van der Waals surface area contributed by atoms with Crippen LogP contribution in [0.2, 0.25) is 0 Å². The molecule has 0 saturated carbocycles. The second kappa shape index (κ2) is 7.66. The number of aliphatic hydroxyl groups is 1. The van der Waals surface area contributed by atoms with Gasteiger partial charge in [0.2, 0.25) is 0 Å². The lowest BCUT2D eigenvalue weighted by atomic mass is 10.0. The number of nitrogens with two attached hydrogens (primary N) is 1. The number of amidine groups is 1. The van der Waals surface area contributed by atoms with Crippen LogP contribution in [0.5, 0.6) is 0 Å². The van der Waals surface area contributed by atoms with Crippen LogP contribution in [0.1, 0.15) is 11.1 Å². The largest absolute Gasteiger partial charge is 0.394 e. The van der Waals surface area contributed by atoms with Crippen molar-refractivity contribution in [3.8, 4) is 11.5 Å². The number of benzene rings is 3. The van der Waals surface area contributed by atoms with E-state index in [0.717, 1.165) is 22.2 Å². The highest BCUT2D eigenvalue weighted by Crippen LogP contribution is 2.30.